The number of piperidine rings is 1. The highest BCUT2D eigenvalue weighted by Gasteiger charge is 2.40. The summed E-state index contributed by atoms with van der Waals surface area (Å²) in [5, 5.41) is 0. The molecule has 0 aliphatic carbocycles. The van der Waals surface area contributed by atoms with Crippen LogP contribution in [0.2, 0.25) is 0 Å². The molecule has 0 bridgehead atoms. The summed E-state index contributed by atoms with van der Waals surface area (Å²) in [6.45, 7) is 10.4. The summed E-state index contributed by atoms with van der Waals surface area (Å²) >= 11 is 0. The van der Waals surface area contributed by atoms with Crippen LogP contribution in [-0.2, 0) is 16.0 Å². The summed E-state index contributed by atoms with van der Waals surface area (Å²) in [6, 6.07) is 9.76. The van der Waals surface area contributed by atoms with Crippen LogP contribution in [0.15, 0.2) is 30.3 Å². The predicted molar refractivity (Wildman–Crippen MR) is 89.8 cm³/mol. The normalized spacial score (nSPS) is 20.5. The Bertz CT molecular complexity index is 477. The van der Waals surface area contributed by atoms with E-state index in [4.69, 9.17) is 4.74 Å². The Labute approximate surface area is 134 Å². The Morgan fingerprint density at radius 3 is 2.27 bits per heavy atom. The van der Waals surface area contributed by atoms with Gasteiger partial charge >= 0.3 is 5.97 Å². The van der Waals surface area contributed by atoms with Gasteiger partial charge in [0.1, 0.15) is 6.61 Å². The third-order valence-corrected chi connectivity index (χ3v) is 4.81. The van der Waals surface area contributed by atoms with E-state index in [2.05, 4.69) is 32.6 Å². The molecule has 0 unspecified atom stereocenters. The fourth-order valence-electron chi connectivity index (χ4n) is 3.71. The lowest BCUT2D eigenvalue weighted by molar-refractivity contribution is -0.145. The van der Waals surface area contributed by atoms with Crippen LogP contribution in [0.25, 0.3) is 0 Å². The minimum atomic E-state index is -0.140. The van der Waals surface area contributed by atoms with E-state index >= 15 is 0 Å². The molecule has 1 aliphatic heterocycles. The third kappa shape index (κ3) is 4.33. The van der Waals surface area contributed by atoms with Gasteiger partial charge in [-0.25, -0.2) is 0 Å². The van der Waals surface area contributed by atoms with Gasteiger partial charge in [0.05, 0.1) is 6.42 Å². The minimum Gasteiger partial charge on any atom is -0.464 e. The van der Waals surface area contributed by atoms with Crippen LogP contribution in [-0.4, -0.2) is 35.1 Å². The van der Waals surface area contributed by atoms with Crippen LogP contribution in [0, 0.1) is 0 Å². The average Bonchev–Trinajstić information content (AvgIpc) is 2.42. The predicted octanol–water partition coefficient (Wildman–Crippen LogP) is 3.82. The van der Waals surface area contributed by atoms with Gasteiger partial charge in [0, 0.05) is 17.6 Å². The number of hydrogen-bond donors (Lipinski definition) is 0. The maximum Gasteiger partial charge on any atom is 0.310 e. The number of carbonyl (C=O) groups excluding carboxylic acids is 1. The van der Waals surface area contributed by atoms with Gasteiger partial charge in [-0.2, -0.15) is 0 Å². The standard InChI is InChI=1S/C19H29NO2/c1-18(2)11-8-12-19(3,4)20(18)13-14-22-17(21)15-16-9-6-5-7-10-16/h5-7,9-10H,8,11-15H2,1-4H3. The van der Waals surface area contributed by atoms with Gasteiger partial charge in [0.2, 0.25) is 0 Å². The van der Waals surface area contributed by atoms with Crippen molar-refractivity contribution in [3.05, 3.63) is 35.9 Å². The molecule has 0 atom stereocenters. The average molecular weight is 303 g/mol. The molecule has 1 saturated heterocycles. The van der Waals surface area contributed by atoms with Crippen molar-refractivity contribution in [2.24, 2.45) is 0 Å². The molecule has 1 fully saturated rings. The molecule has 1 aromatic carbocycles. The minimum absolute atomic E-state index is 0.140. The zero-order valence-electron chi connectivity index (χ0n) is 14.4. The highest BCUT2D eigenvalue weighted by molar-refractivity contribution is 5.72. The first kappa shape index (κ1) is 17.0. The zero-order valence-corrected chi connectivity index (χ0v) is 14.4. The Kier molecular flexibility index (Phi) is 5.28. The zero-order chi connectivity index (χ0) is 16.2. The van der Waals surface area contributed by atoms with Crippen LogP contribution >= 0.6 is 0 Å². The summed E-state index contributed by atoms with van der Waals surface area (Å²) in [4.78, 5) is 14.4. The van der Waals surface area contributed by atoms with Gasteiger partial charge in [-0.3, -0.25) is 9.69 Å². The highest BCUT2D eigenvalue weighted by atomic mass is 16.5. The second-order valence-corrected chi connectivity index (χ2v) is 7.51. The molecule has 0 N–H and O–H groups in total. The molecular formula is C19H29NO2. The SMILES string of the molecule is CC1(C)CCCC(C)(C)N1CCOC(=O)Cc1ccccc1. The van der Waals surface area contributed by atoms with E-state index in [1.54, 1.807) is 0 Å². The molecule has 122 valence electrons. The summed E-state index contributed by atoms with van der Waals surface area (Å²) < 4.78 is 5.45. The number of carbonyl (C=O) groups is 1. The van der Waals surface area contributed by atoms with Crippen LogP contribution in [0.3, 0.4) is 0 Å². The van der Waals surface area contributed by atoms with Crippen molar-refractivity contribution in [2.45, 2.75) is 64.5 Å². The Morgan fingerprint density at radius 1 is 1.09 bits per heavy atom. The molecule has 0 spiro atoms. The topological polar surface area (TPSA) is 29.5 Å². The van der Waals surface area contributed by atoms with Crippen molar-refractivity contribution in [2.75, 3.05) is 13.2 Å². The first-order valence-corrected chi connectivity index (χ1v) is 8.29. The Balaban J connectivity index is 1.83. The highest BCUT2D eigenvalue weighted by Crippen LogP contribution is 2.37. The fraction of sp³-hybridized carbons (Fsp3) is 0.632. The number of ether oxygens (including phenoxy) is 1. The molecule has 0 aromatic heterocycles. The van der Waals surface area contributed by atoms with Gasteiger partial charge < -0.3 is 4.74 Å². The molecule has 0 radical (unpaired) electrons. The van der Waals surface area contributed by atoms with Crippen molar-refractivity contribution in [1.29, 1.82) is 0 Å². The van der Waals surface area contributed by atoms with E-state index in [0.717, 1.165) is 12.1 Å². The number of esters is 1. The molecular weight excluding hydrogens is 274 g/mol. The van der Waals surface area contributed by atoms with Crippen LogP contribution in [0.5, 0.6) is 0 Å². The van der Waals surface area contributed by atoms with E-state index in [9.17, 15) is 4.79 Å². The van der Waals surface area contributed by atoms with Gasteiger partial charge in [-0.05, 0) is 52.5 Å². The largest absolute Gasteiger partial charge is 0.464 e. The maximum atomic E-state index is 11.9. The lowest BCUT2D eigenvalue weighted by atomic mass is 9.80. The Hall–Kier alpha value is -1.35. The monoisotopic (exact) mass is 303 g/mol. The van der Waals surface area contributed by atoms with Crippen molar-refractivity contribution >= 4 is 5.97 Å². The summed E-state index contributed by atoms with van der Waals surface area (Å²) in [7, 11) is 0. The Morgan fingerprint density at radius 2 is 1.68 bits per heavy atom. The number of nitrogens with zero attached hydrogens (tertiary/aromatic N) is 1. The molecule has 0 saturated carbocycles. The third-order valence-electron chi connectivity index (χ3n) is 4.81. The number of rotatable bonds is 5. The van der Waals surface area contributed by atoms with Crippen molar-refractivity contribution in [3.63, 3.8) is 0 Å². The second-order valence-electron chi connectivity index (χ2n) is 7.51. The quantitative estimate of drug-likeness (QED) is 0.775. The summed E-state index contributed by atoms with van der Waals surface area (Å²) in [5.41, 5.74) is 1.35. The molecule has 1 heterocycles. The molecule has 3 nitrogen and oxygen atoms in total. The molecule has 2 rings (SSSR count). The number of likely N-dealkylation sites (tertiary alicyclic amines) is 1. The van der Waals surface area contributed by atoms with Crippen LogP contribution < -0.4 is 0 Å². The summed E-state index contributed by atoms with van der Waals surface area (Å²) in [6.07, 6.45) is 4.03. The molecule has 1 aliphatic rings. The first-order chi connectivity index (χ1) is 10.3. The molecule has 22 heavy (non-hydrogen) atoms. The second kappa shape index (κ2) is 6.82. The van der Waals surface area contributed by atoms with E-state index in [0.29, 0.717) is 13.0 Å². The molecule has 1 aromatic rings. The van der Waals surface area contributed by atoms with Gasteiger partial charge in [-0.1, -0.05) is 30.3 Å². The first-order valence-electron chi connectivity index (χ1n) is 8.29. The van der Waals surface area contributed by atoms with Crippen LogP contribution in [0.4, 0.5) is 0 Å². The van der Waals surface area contributed by atoms with E-state index in [1.807, 2.05) is 30.3 Å². The van der Waals surface area contributed by atoms with Gasteiger partial charge in [-0.15, -0.1) is 0 Å². The molecule has 0 amide bonds. The van der Waals surface area contributed by atoms with Gasteiger partial charge in [0.15, 0.2) is 0 Å². The van der Waals surface area contributed by atoms with Gasteiger partial charge in [0.25, 0.3) is 0 Å². The van der Waals surface area contributed by atoms with E-state index < -0.39 is 0 Å². The molecule has 3 heteroatoms. The van der Waals surface area contributed by atoms with E-state index in [-0.39, 0.29) is 17.0 Å². The smallest absolute Gasteiger partial charge is 0.310 e. The van der Waals surface area contributed by atoms with Crippen LogP contribution in [0.1, 0.15) is 52.5 Å². The lowest BCUT2D eigenvalue weighted by Gasteiger charge is -2.52. The summed E-state index contributed by atoms with van der Waals surface area (Å²) in [5.74, 6) is -0.140. The van der Waals surface area contributed by atoms with Crippen molar-refractivity contribution in [3.8, 4) is 0 Å². The number of hydrogen-bond acceptors (Lipinski definition) is 3. The fourth-order valence-corrected chi connectivity index (χ4v) is 3.71. The number of benzene rings is 1. The van der Waals surface area contributed by atoms with Crippen molar-refractivity contribution in [1.82, 2.24) is 4.90 Å². The van der Waals surface area contributed by atoms with E-state index in [1.165, 1.54) is 19.3 Å². The van der Waals surface area contributed by atoms with Crippen molar-refractivity contribution < 1.29 is 9.53 Å². The maximum absolute atomic E-state index is 11.9. The lowest BCUT2D eigenvalue weighted by Crippen LogP contribution is -2.59.